The van der Waals surface area contributed by atoms with Crippen molar-refractivity contribution < 1.29 is 0 Å². The van der Waals surface area contributed by atoms with Gasteiger partial charge < -0.3 is 0 Å². The van der Waals surface area contributed by atoms with E-state index in [0.717, 1.165) is 33.7 Å². The van der Waals surface area contributed by atoms with E-state index in [9.17, 15) is 0 Å². The van der Waals surface area contributed by atoms with Crippen molar-refractivity contribution in [2.75, 3.05) is 0 Å². The highest BCUT2D eigenvalue weighted by Gasteiger charge is 2.14. The van der Waals surface area contributed by atoms with Crippen LogP contribution in [-0.2, 0) is 0 Å². The van der Waals surface area contributed by atoms with Gasteiger partial charge >= 0.3 is 0 Å². The summed E-state index contributed by atoms with van der Waals surface area (Å²) in [6, 6.07) is 7.62. The van der Waals surface area contributed by atoms with E-state index < -0.39 is 0 Å². The number of rotatable bonds is 1. The Morgan fingerprint density at radius 3 is 2.21 bits per heavy atom. The predicted octanol–water partition coefficient (Wildman–Crippen LogP) is 3.39. The molecule has 19 heavy (non-hydrogen) atoms. The lowest BCUT2D eigenvalue weighted by atomic mass is 10.2. The summed E-state index contributed by atoms with van der Waals surface area (Å²) in [6.45, 7) is 5.92. The van der Waals surface area contributed by atoms with Gasteiger partial charge in [-0.2, -0.15) is 15.3 Å². The van der Waals surface area contributed by atoms with Crippen LogP contribution in [0.2, 0.25) is 5.02 Å². The molecule has 0 amide bonds. The van der Waals surface area contributed by atoms with E-state index in [1.165, 1.54) is 0 Å². The van der Waals surface area contributed by atoms with Crippen LogP contribution in [0.4, 0.5) is 0 Å². The number of aryl methyl sites for hydroxylation is 3. The monoisotopic (exact) mass is 272 g/mol. The second-order valence-corrected chi connectivity index (χ2v) is 5.00. The Morgan fingerprint density at radius 2 is 1.58 bits per heavy atom. The molecular formula is C14H13ClN4. The van der Waals surface area contributed by atoms with Crippen molar-refractivity contribution in [2.45, 2.75) is 20.8 Å². The summed E-state index contributed by atoms with van der Waals surface area (Å²) in [5, 5.41) is 14.7. The normalized spacial score (nSPS) is 11.2. The van der Waals surface area contributed by atoms with Crippen LogP contribution >= 0.6 is 11.6 Å². The van der Waals surface area contributed by atoms with E-state index in [2.05, 4.69) is 15.3 Å². The van der Waals surface area contributed by atoms with Gasteiger partial charge in [0.25, 0.3) is 0 Å². The Kier molecular flexibility index (Phi) is 2.75. The van der Waals surface area contributed by atoms with Crippen LogP contribution in [-0.4, -0.2) is 20.0 Å². The molecular weight excluding hydrogens is 260 g/mol. The summed E-state index contributed by atoms with van der Waals surface area (Å²) in [5.41, 5.74) is 4.69. The highest BCUT2D eigenvalue weighted by molar-refractivity contribution is 6.30. The zero-order valence-corrected chi connectivity index (χ0v) is 11.7. The maximum Gasteiger partial charge on any atom is 0.118 e. The van der Waals surface area contributed by atoms with Crippen LogP contribution in [0.5, 0.6) is 0 Å². The van der Waals surface area contributed by atoms with Gasteiger partial charge in [-0.15, -0.1) is 0 Å². The van der Waals surface area contributed by atoms with Gasteiger partial charge in [0.1, 0.15) is 5.52 Å². The maximum absolute atomic E-state index is 5.92. The first-order valence-electron chi connectivity index (χ1n) is 6.03. The maximum atomic E-state index is 5.92. The van der Waals surface area contributed by atoms with Gasteiger partial charge in [0.05, 0.1) is 22.8 Å². The number of nitrogens with zero attached hydrogens (tertiary/aromatic N) is 4. The molecule has 3 rings (SSSR count). The number of hydrogen-bond donors (Lipinski definition) is 0. The molecule has 0 aliphatic heterocycles. The fourth-order valence-corrected chi connectivity index (χ4v) is 2.40. The molecule has 96 valence electrons. The Hall–Kier alpha value is -1.94. The van der Waals surface area contributed by atoms with E-state index in [4.69, 9.17) is 11.6 Å². The first-order valence-corrected chi connectivity index (χ1v) is 6.41. The lowest BCUT2D eigenvalue weighted by Crippen LogP contribution is -1.98. The molecule has 0 fully saturated rings. The third-order valence-electron chi connectivity index (χ3n) is 3.24. The first-order chi connectivity index (χ1) is 9.08. The van der Waals surface area contributed by atoms with Gasteiger partial charge in [-0.1, -0.05) is 11.6 Å². The molecule has 0 radical (unpaired) electrons. The molecule has 1 aromatic carbocycles. The number of benzene rings is 1. The van der Waals surface area contributed by atoms with Gasteiger partial charge in [0.15, 0.2) is 0 Å². The lowest BCUT2D eigenvalue weighted by molar-refractivity contribution is 0.858. The second-order valence-electron chi connectivity index (χ2n) is 4.57. The van der Waals surface area contributed by atoms with Crippen molar-refractivity contribution in [1.82, 2.24) is 20.0 Å². The topological polar surface area (TPSA) is 43.6 Å². The smallest absolute Gasteiger partial charge is 0.118 e. The molecule has 0 aliphatic rings. The van der Waals surface area contributed by atoms with E-state index in [-0.39, 0.29) is 0 Å². The van der Waals surface area contributed by atoms with Crippen molar-refractivity contribution >= 4 is 22.5 Å². The molecule has 0 aliphatic carbocycles. The molecule has 0 spiro atoms. The highest BCUT2D eigenvalue weighted by atomic mass is 35.5. The minimum atomic E-state index is 0.716. The summed E-state index contributed by atoms with van der Waals surface area (Å²) in [6.07, 6.45) is 0. The fourth-order valence-electron chi connectivity index (χ4n) is 2.27. The quantitative estimate of drug-likeness (QED) is 0.682. The molecule has 3 aromatic rings. The van der Waals surface area contributed by atoms with Crippen molar-refractivity contribution in [1.29, 1.82) is 0 Å². The highest BCUT2D eigenvalue weighted by Crippen LogP contribution is 2.24. The van der Waals surface area contributed by atoms with E-state index >= 15 is 0 Å². The average Bonchev–Trinajstić information content (AvgIpc) is 2.74. The molecule has 0 N–H and O–H groups in total. The first kappa shape index (κ1) is 12.1. The lowest BCUT2D eigenvalue weighted by Gasteiger charge is -2.03. The third-order valence-corrected chi connectivity index (χ3v) is 3.49. The van der Waals surface area contributed by atoms with Crippen molar-refractivity contribution in [2.24, 2.45) is 0 Å². The minimum Gasteiger partial charge on any atom is -0.237 e. The van der Waals surface area contributed by atoms with Gasteiger partial charge in [0, 0.05) is 10.4 Å². The molecule has 2 heterocycles. The summed E-state index contributed by atoms with van der Waals surface area (Å²) in [5.74, 6) is 0. The number of fused-ring (bicyclic) bond motifs is 1. The molecule has 5 heteroatoms. The van der Waals surface area contributed by atoms with Crippen LogP contribution in [0.1, 0.15) is 17.1 Å². The molecule has 4 nitrogen and oxygen atoms in total. The van der Waals surface area contributed by atoms with Gasteiger partial charge in [-0.25, -0.2) is 4.68 Å². The van der Waals surface area contributed by atoms with Gasteiger partial charge in [-0.3, -0.25) is 0 Å². The zero-order valence-electron chi connectivity index (χ0n) is 11.0. The molecule has 0 saturated heterocycles. The second kappa shape index (κ2) is 4.31. The van der Waals surface area contributed by atoms with Gasteiger partial charge in [-0.05, 0) is 45.0 Å². The van der Waals surface area contributed by atoms with Crippen LogP contribution in [0, 0.1) is 20.8 Å². The number of aromatic nitrogens is 4. The molecule has 0 atom stereocenters. The summed E-state index contributed by atoms with van der Waals surface area (Å²) < 4.78 is 1.91. The van der Waals surface area contributed by atoms with Gasteiger partial charge in [0.2, 0.25) is 0 Å². The van der Waals surface area contributed by atoms with Crippen LogP contribution in [0.3, 0.4) is 0 Å². The summed E-state index contributed by atoms with van der Waals surface area (Å²) in [7, 11) is 0. The fraction of sp³-hybridized carbons (Fsp3) is 0.214. The average molecular weight is 273 g/mol. The zero-order chi connectivity index (χ0) is 13.6. The third kappa shape index (κ3) is 1.88. The predicted molar refractivity (Wildman–Crippen MR) is 75.9 cm³/mol. The largest absolute Gasteiger partial charge is 0.237 e. The standard InChI is InChI=1S/C14H13ClN4/c1-8-13-10(3)19(12-6-4-11(15)5-7-12)18-14(13)9(2)17-16-8/h4-7H,1-3H3. The van der Waals surface area contributed by atoms with Crippen molar-refractivity contribution in [3.63, 3.8) is 0 Å². The number of hydrogen-bond acceptors (Lipinski definition) is 3. The molecule has 0 saturated carbocycles. The SMILES string of the molecule is Cc1nnc(C)c2c(C)n(-c3ccc(Cl)cc3)nc12. The van der Waals surface area contributed by atoms with Crippen molar-refractivity contribution in [3.05, 3.63) is 46.4 Å². The number of halogens is 1. The molecule has 0 unspecified atom stereocenters. The van der Waals surface area contributed by atoms with E-state index in [1.54, 1.807) is 0 Å². The Balaban J connectivity index is 2.31. The van der Waals surface area contributed by atoms with E-state index in [1.807, 2.05) is 49.7 Å². The van der Waals surface area contributed by atoms with Crippen LogP contribution in [0.25, 0.3) is 16.6 Å². The Morgan fingerprint density at radius 1 is 0.947 bits per heavy atom. The van der Waals surface area contributed by atoms with Crippen LogP contribution in [0.15, 0.2) is 24.3 Å². The van der Waals surface area contributed by atoms with Crippen LogP contribution < -0.4 is 0 Å². The summed E-state index contributed by atoms with van der Waals surface area (Å²) >= 11 is 5.92. The molecule has 2 aromatic heterocycles. The Bertz CT molecular complexity index is 759. The summed E-state index contributed by atoms with van der Waals surface area (Å²) in [4.78, 5) is 0. The Labute approximate surface area is 116 Å². The minimum absolute atomic E-state index is 0.716. The van der Waals surface area contributed by atoms with Crippen molar-refractivity contribution in [3.8, 4) is 5.69 Å². The van der Waals surface area contributed by atoms with E-state index in [0.29, 0.717) is 5.02 Å². The molecule has 0 bridgehead atoms.